The molecule has 0 unspecified atom stereocenters. The smallest absolute Gasteiger partial charge is 0.149 e. The zero-order valence-corrected chi connectivity index (χ0v) is 6.76. The zero-order valence-electron chi connectivity index (χ0n) is 6.76. The first kappa shape index (κ1) is 10.0. The van der Waals surface area contributed by atoms with E-state index in [0.717, 1.165) is 0 Å². The Kier molecular flexibility index (Phi) is 4.81. The molecule has 0 atom stereocenters. The fraction of sp³-hybridized carbons (Fsp3) is 0.375. The number of nitrogens with zero attached hydrogens (tertiary/aromatic N) is 3. The minimum absolute atomic E-state index is 0.0154. The Morgan fingerprint density at radius 1 is 1.25 bits per heavy atom. The first-order valence-corrected chi connectivity index (χ1v) is 3.44. The molecule has 1 N–H and O–H groups in total. The van der Waals surface area contributed by atoms with E-state index >= 15 is 0 Å². The van der Waals surface area contributed by atoms with Crippen molar-refractivity contribution in [3.8, 4) is 18.2 Å². The van der Waals surface area contributed by atoms with Crippen LogP contribution in [0.3, 0.4) is 0 Å². The Hall–Kier alpha value is -1.99. The van der Waals surface area contributed by atoms with Crippen LogP contribution in [0.15, 0.2) is 11.3 Å². The first-order chi connectivity index (χ1) is 5.79. The third-order valence-electron chi connectivity index (χ3n) is 1.17. The van der Waals surface area contributed by atoms with Gasteiger partial charge in [0.1, 0.15) is 17.7 Å². The minimum Gasteiger partial charge on any atom is -0.386 e. The van der Waals surface area contributed by atoms with Gasteiger partial charge >= 0.3 is 0 Å². The molecule has 0 spiro atoms. The molecule has 0 aliphatic rings. The summed E-state index contributed by atoms with van der Waals surface area (Å²) >= 11 is 0. The number of hydrogen-bond acceptors (Lipinski definition) is 4. The van der Waals surface area contributed by atoms with Crippen molar-refractivity contribution >= 4 is 0 Å². The van der Waals surface area contributed by atoms with Crippen LogP contribution in [-0.2, 0) is 0 Å². The van der Waals surface area contributed by atoms with Gasteiger partial charge in [-0.05, 0) is 6.92 Å². The van der Waals surface area contributed by atoms with Crippen molar-refractivity contribution in [3.05, 3.63) is 11.3 Å². The maximum Gasteiger partial charge on any atom is 0.149 e. The van der Waals surface area contributed by atoms with Gasteiger partial charge in [0.05, 0.1) is 18.2 Å². The minimum atomic E-state index is -0.0154. The molecule has 4 nitrogen and oxygen atoms in total. The number of nitriles is 3. The van der Waals surface area contributed by atoms with Gasteiger partial charge in [-0.1, -0.05) is 0 Å². The van der Waals surface area contributed by atoms with Crippen LogP contribution >= 0.6 is 0 Å². The average Bonchev–Trinajstić information content (AvgIpc) is 2.07. The monoisotopic (exact) mass is 160 g/mol. The Morgan fingerprint density at radius 3 is 2.17 bits per heavy atom. The van der Waals surface area contributed by atoms with E-state index in [1.165, 1.54) is 0 Å². The molecule has 60 valence electrons. The van der Waals surface area contributed by atoms with Crippen LogP contribution in [0.5, 0.6) is 0 Å². The highest BCUT2D eigenvalue weighted by atomic mass is 14.9. The number of allylic oxidation sites excluding steroid dienone is 2. The maximum absolute atomic E-state index is 8.47. The molecule has 0 heterocycles. The molecular formula is C8H8N4. The Bertz CT molecular complexity index is 278. The molecule has 0 aliphatic carbocycles. The quantitative estimate of drug-likeness (QED) is 0.619. The van der Waals surface area contributed by atoms with E-state index in [-0.39, 0.29) is 12.0 Å². The predicted molar refractivity (Wildman–Crippen MR) is 42.2 cm³/mol. The molecular weight excluding hydrogens is 152 g/mol. The summed E-state index contributed by atoms with van der Waals surface area (Å²) in [6.45, 7) is 2.44. The summed E-state index contributed by atoms with van der Waals surface area (Å²) in [5.41, 5.74) is 0.392. The standard InChI is InChI=1S/C8H8N4/c1-2-12-8(3-4-9)7(5-10)6-11/h12H,2-3H2,1H3. The van der Waals surface area contributed by atoms with E-state index in [4.69, 9.17) is 15.8 Å². The summed E-state index contributed by atoms with van der Waals surface area (Å²) < 4.78 is 0. The van der Waals surface area contributed by atoms with E-state index in [9.17, 15) is 0 Å². The summed E-state index contributed by atoms with van der Waals surface area (Å²) in [6, 6.07) is 5.33. The van der Waals surface area contributed by atoms with Gasteiger partial charge < -0.3 is 5.32 Å². The molecule has 0 aromatic rings. The lowest BCUT2D eigenvalue weighted by molar-refractivity contribution is 0.825. The summed E-state index contributed by atoms with van der Waals surface area (Å²) in [4.78, 5) is 0. The first-order valence-electron chi connectivity index (χ1n) is 3.44. The van der Waals surface area contributed by atoms with Crippen LogP contribution in [0.4, 0.5) is 0 Å². The van der Waals surface area contributed by atoms with E-state index in [1.807, 2.05) is 13.0 Å². The van der Waals surface area contributed by atoms with Crippen molar-refractivity contribution < 1.29 is 0 Å². The molecule has 0 saturated heterocycles. The molecule has 12 heavy (non-hydrogen) atoms. The van der Waals surface area contributed by atoms with Crippen LogP contribution in [0, 0.1) is 34.0 Å². The highest BCUT2D eigenvalue weighted by Crippen LogP contribution is 2.02. The van der Waals surface area contributed by atoms with Crippen LogP contribution in [0.1, 0.15) is 13.3 Å². The highest BCUT2D eigenvalue weighted by Gasteiger charge is 2.03. The van der Waals surface area contributed by atoms with E-state index < -0.39 is 0 Å². The van der Waals surface area contributed by atoms with Gasteiger partial charge in [0.15, 0.2) is 0 Å². The molecule has 4 heteroatoms. The maximum atomic E-state index is 8.47. The van der Waals surface area contributed by atoms with Gasteiger partial charge in [-0.15, -0.1) is 0 Å². The topological polar surface area (TPSA) is 83.4 Å². The van der Waals surface area contributed by atoms with Crippen LogP contribution in [-0.4, -0.2) is 6.54 Å². The van der Waals surface area contributed by atoms with E-state index in [0.29, 0.717) is 12.2 Å². The molecule has 0 rings (SSSR count). The van der Waals surface area contributed by atoms with E-state index in [2.05, 4.69) is 5.32 Å². The normalized spacial score (nSPS) is 7.17. The highest BCUT2D eigenvalue weighted by molar-refractivity contribution is 5.40. The zero-order chi connectivity index (χ0) is 9.40. The SMILES string of the molecule is CCNC(CC#N)=C(C#N)C#N. The summed E-state index contributed by atoms with van der Waals surface area (Å²) in [6.07, 6.45) is 0.0737. The van der Waals surface area contributed by atoms with Crippen molar-refractivity contribution in [1.29, 1.82) is 15.8 Å². The Labute approximate surface area is 71.3 Å². The van der Waals surface area contributed by atoms with Gasteiger partial charge in [0.25, 0.3) is 0 Å². The largest absolute Gasteiger partial charge is 0.386 e. The summed E-state index contributed by atoms with van der Waals surface area (Å²) in [5.74, 6) is 0. The van der Waals surface area contributed by atoms with E-state index in [1.54, 1.807) is 12.1 Å². The number of rotatable bonds is 3. The molecule has 0 amide bonds. The second kappa shape index (κ2) is 5.77. The third kappa shape index (κ3) is 2.73. The molecule has 0 aromatic heterocycles. The average molecular weight is 160 g/mol. The van der Waals surface area contributed by atoms with Crippen molar-refractivity contribution in [3.63, 3.8) is 0 Å². The molecule has 0 saturated carbocycles. The van der Waals surface area contributed by atoms with Crippen molar-refractivity contribution in [2.75, 3.05) is 6.54 Å². The van der Waals surface area contributed by atoms with Crippen LogP contribution in [0.2, 0.25) is 0 Å². The lowest BCUT2D eigenvalue weighted by Crippen LogP contribution is -2.13. The van der Waals surface area contributed by atoms with Gasteiger partial charge in [0.2, 0.25) is 0 Å². The second-order valence-corrected chi connectivity index (χ2v) is 1.94. The predicted octanol–water partition coefficient (Wildman–Crippen LogP) is 0.811. The third-order valence-corrected chi connectivity index (χ3v) is 1.17. The summed E-state index contributed by atoms with van der Waals surface area (Å²) in [5, 5.41) is 28.1. The molecule has 0 aromatic carbocycles. The van der Waals surface area contributed by atoms with Gasteiger partial charge in [0, 0.05) is 6.54 Å². The fourth-order valence-corrected chi connectivity index (χ4v) is 0.692. The molecule has 0 fully saturated rings. The number of hydrogen-bond donors (Lipinski definition) is 1. The fourth-order valence-electron chi connectivity index (χ4n) is 0.692. The second-order valence-electron chi connectivity index (χ2n) is 1.94. The van der Waals surface area contributed by atoms with Gasteiger partial charge in [-0.3, -0.25) is 0 Å². The van der Waals surface area contributed by atoms with Crippen LogP contribution < -0.4 is 5.32 Å². The van der Waals surface area contributed by atoms with Crippen molar-refractivity contribution in [2.45, 2.75) is 13.3 Å². The van der Waals surface area contributed by atoms with Crippen molar-refractivity contribution in [2.24, 2.45) is 0 Å². The lowest BCUT2D eigenvalue weighted by Gasteiger charge is -2.02. The lowest BCUT2D eigenvalue weighted by atomic mass is 10.2. The number of nitrogens with one attached hydrogen (secondary N) is 1. The Balaban J connectivity index is 4.72. The summed E-state index contributed by atoms with van der Waals surface area (Å²) in [7, 11) is 0. The Morgan fingerprint density at radius 2 is 1.83 bits per heavy atom. The van der Waals surface area contributed by atoms with Gasteiger partial charge in [-0.25, -0.2) is 0 Å². The van der Waals surface area contributed by atoms with Crippen LogP contribution in [0.25, 0.3) is 0 Å². The van der Waals surface area contributed by atoms with Crippen molar-refractivity contribution in [1.82, 2.24) is 5.32 Å². The molecule has 0 bridgehead atoms. The molecule has 0 aliphatic heterocycles. The van der Waals surface area contributed by atoms with Gasteiger partial charge in [-0.2, -0.15) is 15.8 Å². The molecule has 0 radical (unpaired) electrons.